The molecule has 0 aliphatic carbocycles. The summed E-state index contributed by atoms with van der Waals surface area (Å²) in [7, 11) is 0. The van der Waals surface area contributed by atoms with E-state index in [-0.39, 0.29) is 24.2 Å². The molecule has 2 aromatic carbocycles. The number of benzene rings is 2. The number of hydrogen-bond donors (Lipinski definition) is 2. The number of amides is 2. The first-order chi connectivity index (χ1) is 16.9. The molecule has 0 unspecified atom stereocenters. The largest absolute Gasteiger partial charge is 0.356 e. The van der Waals surface area contributed by atoms with E-state index in [0.29, 0.717) is 18.2 Å². The fraction of sp³-hybridized carbons (Fsp3) is 0.333. The second-order valence-corrected chi connectivity index (χ2v) is 9.32. The number of aromatic nitrogens is 2. The van der Waals surface area contributed by atoms with Crippen molar-refractivity contribution in [3.63, 3.8) is 0 Å². The number of carbonyl (C=O) groups is 2. The minimum absolute atomic E-state index is 0.0278. The molecule has 2 saturated heterocycles. The number of rotatable bonds is 6. The van der Waals surface area contributed by atoms with Crippen molar-refractivity contribution in [2.24, 2.45) is 5.92 Å². The maximum atomic E-state index is 12.8. The van der Waals surface area contributed by atoms with Crippen LogP contribution in [-0.2, 0) is 9.59 Å². The van der Waals surface area contributed by atoms with Crippen LogP contribution in [0.1, 0.15) is 30.5 Å². The van der Waals surface area contributed by atoms with Gasteiger partial charge in [-0.3, -0.25) is 9.59 Å². The van der Waals surface area contributed by atoms with Crippen molar-refractivity contribution >= 4 is 40.6 Å². The van der Waals surface area contributed by atoms with Gasteiger partial charge in [0, 0.05) is 54.9 Å². The third-order valence-corrected chi connectivity index (χ3v) is 6.52. The molecule has 2 aliphatic heterocycles. The van der Waals surface area contributed by atoms with Gasteiger partial charge in [-0.25, -0.2) is 4.98 Å². The molecule has 2 fully saturated rings. The molecule has 3 aromatic rings. The molecule has 0 radical (unpaired) electrons. The van der Waals surface area contributed by atoms with Crippen molar-refractivity contribution in [1.82, 2.24) is 9.97 Å². The molecule has 8 nitrogen and oxygen atoms in total. The predicted octanol–water partition coefficient (Wildman–Crippen LogP) is 4.43. The fourth-order valence-electron chi connectivity index (χ4n) is 4.58. The lowest BCUT2D eigenvalue weighted by atomic mass is 10.1. The van der Waals surface area contributed by atoms with Crippen molar-refractivity contribution < 1.29 is 9.59 Å². The second kappa shape index (κ2) is 9.74. The molecule has 0 spiro atoms. The number of nitrogens with one attached hydrogen (secondary N) is 2. The Balaban J connectivity index is 1.20. The molecular formula is C27H30N6O2. The van der Waals surface area contributed by atoms with Crippen molar-refractivity contribution in [3.05, 3.63) is 65.9 Å². The molecule has 5 rings (SSSR count). The quantitative estimate of drug-likeness (QED) is 0.554. The van der Waals surface area contributed by atoms with Crippen LogP contribution in [-0.4, -0.2) is 41.4 Å². The summed E-state index contributed by atoms with van der Waals surface area (Å²) in [4.78, 5) is 38.5. The van der Waals surface area contributed by atoms with E-state index in [1.54, 1.807) is 4.90 Å². The van der Waals surface area contributed by atoms with E-state index < -0.39 is 0 Å². The Morgan fingerprint density at radius 1 is 0.943 bits per heavy atom. The molecule has 180 valence electrons. The maximum Gasteiger partial charge on any atom is 0.229 e. The van der Waals surface area contributed by atoms with Gasteiger partial charge < -0.3 is 20.4 Å². The van der Waals surface area contributed by atoms with Gasteiger partial charge in [0.25, 0.3) is 0 Å². The Morgan fingerprint density at radius 3 is 2.34 bits per heavy atom. The van der Waals surface area contributed by atoms with Gasteiger partial charge in [-0.05, 0) is 63.1 Å². The summed E-state index contributed by atoms with van der Waals surface area (Å²) in [5, 5.41) is 6.21. The minimum atomic E-state index is -0.383. The van der Waals surface area contributed by atoms with Crippen molar-refractivity contribution in [3.8, 4) is 0 Å². The van der Waals surface area contributed by atoms with E-state index in [1.807, 2.05) is 68.4 Å². The Hall–Kier alpha value is -3.94. The van der Waals surface area contributed by atoms with Gasteiger partial charge in [0.1, 0.15) is 5.82 Å². The molecule has 8 heteroatoms. The number of anilines is 5. The SMILES string of the molecule is Cc1ccc(N2C[C@@H](C(=O)Nc3ccc(Nc4nc(C)cc(N5CCCC5)n4)cc3)CC2=O)cc1. The van der Waals surface area contributed by atoms with E-state index in [0.717, 1.165) is 41.5 Å². The Bertz CT molecular complexity index is 1220. The lowest BCUT2D eigenvalue weighted by Crippen LogP contribution is -2.28. The Kier molecular flexibility index (Phi) is 6.35. The standard InChI is InChI=1S/C27H30N6O2/c1-18-5-11-23(12-6-18)33-17-20(16-25(33)34)26(35)29-21-7-9-22(10-8-21)30-27-28-19(2)15-24(31-27)32-13-3-4-14-32/h5-12,15,20H,3-4,13-14,16-17H2,1-2H3,(H,29,35)(H,28,30,31)/t20-/m0/s1. The number of aryl methyl sites for hydroxylation is 2. The number of carbonyl (C=O) groups excluding carboxylic acids is 2. The van der Waals surface area contributed by atoms with Gasteiger partial charge >= 0.3 is 0 Å². The normalized spacial score (nSPS) is 17.7. The first kappa shape index (κ1) is 22.8. The minimum Gasteiger partial charge on any atom is -0.356 e. The predicted molar refractivity (Wildman–Crippen MR) is 138 cm³/mol. The van der Waals surface area contributed by atoms with Crippen LogP contribution in [0.4, 0.5) is 28.8 Å². The van der Waals surface area contributed by atoms with E-state index in [9.17, 15) is 9.59 Å². The lowest BCUT2D eigenvalue weighted by molar-refractivity contribution is -0.122. The highest BCUT2D eigenvalue weighted by Gasteiger charge is 2.35. The smallest absolute Gasteiger partial charge is 0.229 e. The van der Waals surface area contributed by atoms with Gasteiger partial charge in [0.15, 0.2) is 0 Å². The molecule has 2 N–H and O–H groups in total. The topological polar surface area (TPSA) is 90.5 Å². The van der Waals surface area contributed by atoms with Crippen LogP contribution in [0.3, 0.4) is 0 Å². The molecule has 0 bridgehead atoms. The average molecular weight is 471 g/mol. The van der Waals surface area contributed by atoms with Crippen LogP contribution < -0.4 is 20.4 Å². The molecule has 0 saturated carbocycles. The summed E-state index contributed by atoms with van der Waals surface area (Å²) >= 11 is 0. The summed E-state index contributed by atoms with van der Waals surface area (Å²) in [6, 6.07) is 17.3. The molecule has 2 aliphatic rings. The van der Waals surface area contributed by atoms with E-state index in [4.69, 9.17) is 0 Å². The van der Waals surface area contributed by atoms with E-state index in [1.165, 1.54) is 12.8 Å². The van der Waals surface area contributed by atoms with E-state index >= 15 is 0 Å². The maximum absolute atomic E-state index is 12.8. The first-order valence-corrected chi connectivity index (χ1v) is 12.1. The summed E-state index contributed by atoms with van der Waals surface area (Å²) in [6.07, 6.45) is 2.60. The molecular weight excluding hydrogens is 440 g/mol. The fourth-order valence-corrected chi connectivity index (χ4v) is 4.58. The lowest BCUT2D eigenvalue weighted by Gasteiger charge is -2.18. The zero-order valence-corrected chi connectivity index (χ0v) is 20.1. The summed E-state index contributed by atoms with van der Waals surface area (Å²) in [6.45, 7) is 6.42. The van der Waals surface area contributed by atoms with Crippen LogP contribution >= 0.6 is 0 Å². The van der Waals surface area contributed by atoms with Gasteiger partial charge in [0.2, 0.25) is 17.8 Å². The highest BCUT2D eigenvalue weighted by atomic mass is 16.2. The molecule has 1 aromatic heterocycles. The monoisotopic (exact) mass is 470 g/mol. The van der Waals surface area contributed by atoms with Gasteiger partial charge in [-0.2, -0.15) is 4.98 Å². The summed E-state index contributed by atoms with van der Waals surface area (Å²) in [5.41, 5.74) is 4.40. The molecule has 3 heterocycles. The highest BCUT2D eigenvalue weighted by Crippen LogP contribution is 2.27. The van der Waals surface area contributed by atoms with Gasteiger partial charge in [-0.1, -0.05) is 17.7 Å². The van der Waals surface area contributed by atoms with Crippen LogP contribution in [0.2, 0.25) is 0 Å². The molecule has 2 amide bonds. The van der Waals surface area contributed by atoms with Crippen molar-refractivity contribution in [1.29, 1.82) is 0 Å². The zero-order valence-electron chi connectivity index (χ0n) is 20.1. The number of nitrogens with zero attached hydrogens (tertiary/aromatic N) is 4. The highest BCUT2D eigenvalue weighted by molar-refractivity contribution is 6.03. The average Bonchev–Trinajstić information content (AvgIpc) is 3.51. The third-order valence-electron chi connectivity index (χ3n) is 6.52. The zero-order chi connectivity index (χ0) is 24.4. The van der Waals surface area contributed by atoms with Crippen LogP contribution in [0, 0.1) is 19.8 Å². The van der Waals surface area contributed by atoms with Crippen molar-refractivity contribution in [2.75, 3.05) is 40.1 Å². The molecule has 1 atom stereocenters. The Labute approximate surface area is 205 Å². The van der Waals surface area contributed by atoms with Gasteiger partial charge in [-0.15, -0.1) is 0 Å². The first-order valence-electron chi connectivity index (χ1n) is 12.1. The van der Waals surface area contributed by atoms with Crippen LogP contribution in [0.25, 0.3) is 0 Å². The van der Waals surface area contributed by atoms with Gasteiger partial charge in [0.05, 0.1) is 5.92 Å². The van der Waals surface area contributed by atoms with Crippen molar-refractivity contribution in [2.45, 2.75) is 33.1 Å². The molecule has 35 heavy (non-hydrogen) atoms. The summed E-state index contributed by atoms with van der Waals surface area (Å²) < 4.78 is 0. The Morgan fingerprint density at radius 2 is 1.63 bits per heavy atom. The third kappa shape index (κ3) is 5.26. The van der Waals surface area contributed by atoms with Crippen LogP contribution in [0.15, 0.2) is 54.6 Å². The van der Waals surface area contributed by atoms with Crippen LogP contribution in [0.5, 0.6) is 0 Å². The second-order valence-electron chi connectivity index (χ2n) is 9.32. The summed E-state index contributed by atoms with van der Waals surface area (Å²) in [5.74, 6) is 0.953. The van der Waals surface area contributed by atoms with E-state index in [2.05, 4.69) is 25.5 Å². The number of hydrogen-bond acceptors (Lipinski definition) is 6.